The van der Waals surface area contributed by atoms with Crippen LogP contribution in [0.25, 0.3) is 22.0 Å². The third-order valence-corrected chi connectivity index (χ3v) is 11.1. The van der Waals surface area contributed by atoms with Gasteiger partial charge in [0.15, 0.2) is 5.82 Å². The van der Waals surface area contributed by atoms with Gasteiger partial charge >= 0.3 is 0 Å². The molecule has 1 aliphatic carbocycles. The van der Waals surface area contributed by atoms with Gasteiger partial charge in [0.1, 0.15) is 16.6 Å². The molecule has 2 aromatic carbocycles. The number of ether oxygens (including phenoxy) is 2. The molecule has 9 nitrogen and oxygen atoms in total. The number of methoxy groups -OCH3 is 1. The summed E-state index contributed by atoms with van der Waals surface area (Å²) in [7, 11) is 1.60. The molecule has 0 bridgehead atoms. The number of aromatic nitrogens is 3. The zero-order valence-corrected chi connectivity index (χ0v) is 30.4. The van der Waals surface area contributed by atoms with Crippen molar-refractivity contribution in [2.45, 2.75) is 57.9 Å². The van der Waals surface area contributed by atoms with Crippen LogP contribution in [-0.4, -0.2) is 69.3 Å². The van der Waals surface area contributed by atoms with Crippen molar-refractivity contribution in [3.63, 3.8) is 0 Å². The first-order valence-corrected chi connectivity index (χ1v) is 18.5. The molecule has 5 heterocycles. The number of anilines is 2. The Kier molecular flexibility index (Phi) is 9.74. The van der Waals surface area contributed by atoms with E-state index in [-0.39, 0.29) is 12.2 Å². The molecule has 2 fully saturated rings. The van der Waals surface area contributed by atoms with Gasteiger partial charge in [-0.15, -0.1) is 0 Å². The van der Waals surface area contributed by atoms with Crippen LogP contribution in [0.2, 0.25) is 10.0 Å². The number of nitrogens with zero attached hydrogens (tertiary/aromatic N) is 5. The average molecular weight is 726 g/mol. The number of halogens is 2. The van der Waals surface area contributed by atoms with Gasteiger partial charge in [-0.3, -0.25) is 14.8 Å². The van der Waals surface area contributed by atoms with Gasteiger partial charge < -0.3 is 19.9 Å². The van der Waals surface area contributed by atoms with Crippen LogP contribution in [0.5, 0.6) is 11.8 Å². The van der Waals surface area contributed by atoms with Crippen molar-refractivity contribution < 1.29 is 14.6 Å². The molecule has 0 spiro atoms. The van der Waals surface area contributed by atoms with Crippen LogP contribution in [-0.2, 0) is 19.5 Å². The van der Waals surface area contributed by atoms with E-state index >= 15 is 0 Å². The third kappa shape index (κ3) is 7.10. The molecule has 5 aromatic rings. The Morgan fingerprint density at radius 3 is 2.55 bits per heavy atom. The summed E-state index contributed by atoms with van der Waals surface area (Å²) in [5, 5.41) is 15.5. The Balaban J connectivity index is 1.02. The van der Waals surface area contributed by atoms with E-state index in [1.807, 2.05) is 42.7 Å². The van der Waals surface area contributed by atoms with Gasteiger partial charge in [0.05, 0.1) is 23.9 Å². The number of β-amino-alcohol motifs (C(OH)–C–C–N with tert-alkyl or cyclic N) is 1. The van der Waals surface area contributed by atoms with Gasteiger partial charge in [0.2, 0.25) is 11.8 Å². The fourth-order valence-electron chi connectivity index (χ4n) is 7.86. The average Bonchev–Trinajstić information content (AvgIpc) is 3.86. The zero-order valence-electron chi connectivity index (χ0n) is 28.9. The van der Waals surface area contributed by atoms with Crippen LogP contribution >= 0.6 is 23.2 Å². The molecule has 11 heteroatoms. The maximum Gasteiger partial charge on any atom is 0.236 e. The Bertz CT molecular complexity index is 2080. The molecule has 0 amide bonds. The number of hydrogen-bond donors (Lipinski definition) is 2. The molecule has 0 saturated carbocycles. The topological polar surface area (TPSA) is 95.9 Å². The first-order chi connectivity index (χ1) is 24.8. The van der Waals surface area contributed by atoms with Crippen molar-refractivity contribution in [1.29, 1.82) is 0 Å². The molecule has 3 aromatic heterocycles. The van der Waals surface area contributed by atoms with Gasteiger partial charge in [-0.25, -0.2) is 4.98 Å². The van der Waals surface area contributed by atoms with Gasteiger partial charge in [-0.2, -0.15) is 4.98 Å². The van der Waals surface area contributed by atoms with Crippen molar-refractivity contribution in [1.82, 2.24) is 24.8 Å². The lowest BCUT2D eigenvalue weighted by Gasteiger charge is -2.20. The fraction of sp³-hybridized carbons (Fsp3) is 0.375. The molecule has 2 saturated heterocycles. The van der Waals surface area contributed by atoms with E-state index < -0.39 is 0 Å². The minimum Gasteiger partial charge on any atom is -0.481 e. The second kappa shape index (κ2) is 14.6. The van der Waals surface area contributed by atoms with E-state index in [4.69, 9.17) is 37.7 Å². The summed E-state index contributed by atoms with van der Waals surface area (Å²) < 4.78 is 12.1. The van der Waals surface area contributed by atoms with Crippen molar-refractivity contribution >= 4 is 45.6 Å². The number of pyridine rings is 3. The summed E-state index contributed by atoms with van der Waals surface area (Å²) in [5.41, 5.74) is 7.94. The third-order valence-electron chi connectivity index (χ3n) is 10.4. The molecule has 1 unspecified atom stereocenters. The number of benzene rings is 2. The number of nitrogens with one attached hydrogen (secondary N) is 1. The lowest BCUT2D eigenvalue weighted by Crippen LogP contribution is -2.22. The molecular weight excluding hydrogens is 683 g/mol. The quantitative estimate of drug-likeness (QED) is 0.148. The zero-order chi connectivity index (χ0) is 35.1. The van der Waals surface area contributed by atoms with Crippen LogP contribution in [0.4, 0.5) is 11.5 Å². The normalized spacial score (nSPS) is 20.6. The van der Waals surface area contributed by atoms with Crippen LogP contribution in [0.15, 0.2) is 67.0 Å². The van der Waals surface area contributed by atoms with E-state index in [0.29, 0.717) is 40.7 Å². The molecule has 0 radical (unpaired) electrons. The van der Waals surface area contributed by atoms with Gasteiger partial charge in [-0.05, 0) is 84.7 Å². The first kappa shape index (κ1) is 34.1. The highest BCUT2D eigenvalue weighted by Crippen LogP contribution is 2.44. The Morgan fingerprint density at radius 1 is 0.922 bits per heavy atom. The smallest absolute Gasteiger partial charge is 0.236 e. The van der Waals surface area contributed by atoms with Gasteiger partial charge in [-0.1, -0.05) is 60.5 Å². The summed E-state index contributed by atoms with van der Waals surface area (Å²) in [4.78, 5) is 18.8. The lowest BCUT2D eigenvalue weighted by molar-refractivity contribution is 0.174. The predicted octanol–water partition coefficient (Wildman–Crippen LogP) is 8.23. The molecule has 264 valence electrons. The van der Waals surface area contributed by atoms with E-state index in [1.54, 1.807) is 7.11 Å². The highest BCUT2D eigenvalue weighted by atomic mass is 35.5. The summed E-state index contributed by atoms with van der Waals surface area (Å²) in [6.45, 7) is 7.54. The number of aliphatic hydroxyl groups is 1. The number of hydrogen-bond acceptors (Lipinski definition) is 9. The molecule has 8 rings (SSSR count). The van der Waals surface area contributed by atoms with E-state index in [2.05, 4.69) is 56.3 Å². The van der Waals surface area contributed by atoms with Crippen LogP contribution in [0.3, 0.4) is 0 Å². The lowest BCUT2D eigenvalue weighted by atomic mass is 9.96. The number of aliphatic hydroxyl groups excluding tert-OH is 1. The van der Waals surface area contributed by atoms with Crippen LogP contribution in [0.1, 0.15) is 54.5 Å². The first-order valence-electron chi connectivity index (χ1n) is 17.8. The van der Waals surface area contributed by atoms with Crippen LogP contribution in [0, 0.1) is 5.92 Å². The highest BCUT2D eigenvalue weighted by Gasteiger charge is 2.30. The number of fused-ring (bicyclic) bond motifs is 2. The maximum absolute atomic E-state index is 9.95. The second-order valence-corrected chi connectivity index (χ2v) is 14.9. The van der Waals surface area contributed by atoms with E-state index in [1.165, 1.54) is 17.5 Å². The van der Waals surface area contributed by atoms with Crippen molar-refractivity contribution in [3.8, 4) is 22.9 Å². The fourth-order valence-corrected chi connectivity index (χ4v) is 8.36. The van der Waals surface area contributed by atoms with Gasteiger partial charge in [0, 0.05) is 61.6 Å². The second-order valence-electron chi connectivity index (χ2n) is 14.1. The van der Waals surface area contributed by atoms with Gasteiger partial charge in [0.25, 0.3) is 0 Å². The van der Waals surface area contributed by atoms with Crippen LogP contribution < -0.4 is 14.8 Å². The molecule has 3 atom stereocenters. The Morgan fingerprint density at radius 2 is 1.75 bits per heavy atom. The summed E-state index contributed by atoms with van der Waals surface area (Å²) in [6, 6.07) is 18.4. The Labute approximate surface area is 308 Å². The number of rotatable bonds is 10. The van der Waals surface area contributed by atoms with Crippen molar-refractivity contribution in [2.24, 2.45) is 5.92 Å². The monoisotopic (exact) mass is 724 g/mol. The standard InChI is InChI=1S/C40H42Cl2N6O3/c1-24-12-15-47(20-24)21-25-17-26-11-14-43-38(37(26)44-19-25)45-34-8-4-7-32(36(34)42)29-5-3-6-31-30(29)9-10-35(31)51-40-33(41)18-27(39(46-40)50-2)22-48-16-13-28(49)23-48/h3-8,11,14,17-19,24,28,35,49H,9-10,12-13,15-16,20-23H2,1-2H3,(H,43,45)/t24-,28?,35+/m1/s1. The summed E-state index contributed by atoms with van der Waals surface area (Å²) in [5.74, 6) is 2.24. The SMILES string of the molecule is COc1nc(O[C@H]2CCc3c(-c4cccc(Nc5nccc6cc(CN7CC[C@@H](C)C7)cnc56)c4Cl)cccc32)c(Cl)cc1CN1CCC(O)C1. The maximum atomic E-state index is 9.95. The summed E-state index contributed by atoms with van der Waals surface area (Å²) >= 11 is 13.9. The number of likely N-dealkylation sites (tertiary alicyclic amines) is 2. The molecule has 3 aliphatic rings. The Hall–Kier alpha value is -3.99. The van der Waals surface area contributed by atoms with E-state index in [0.717, 1.165) is 90.2 Å². The molecule has 51 heavy (non-hydrogen) atoms. The highest BCUT2D eigenvalue weighted by molar-refractivity contribution is 6.36. The molecular formula is C40H42Cl2N6O3. The predicted molar refractivity (Wildman–Crippen MR) is 202 cm³/mol. The molecule has 2 aliphatic heterocycles. The van der Waals surface area contributed by atoms with Crippen molar-refractivity contribution in [2.75, 3.05) is 38.6 Å². The van der Waals surface area contributed by atoms with E-state index in [9.17, 15) is 5.11 Å². The summed E-state index contributed by atoms with van der Waals surface area (Å²) in [6.07, 6.45) is 6.87. The largest absolute Gasteiger partial charge is 0.481 e. The minimum absolute atomic E-state index is 0.223. The van der Waals surface area contributed by atoms with Crippen molar-refractivity contribution in [3.05, 3.63) is 99.3 Å². The minimum atomic E-state index is -0.302. The molecule has 2 N–H and O–H groups in total.